The Morgan fingerprint density at radius 3 is 2.51 bits per heavy atom. The summed E-state index contributed by atoms with van der Waals surface area (Å²) in [6, 6.07) is 2.10. The van der Waals surface area contributed by atoms with Crippen molar-refractivity contribution in [3.63, 3.8) is 0 Å². The van der Waals surface area contributed by atoms with Gasteiger partial charge in [-0.2, -0.15) is 5.26 Å². The second-order valence-corrected chi connectivity index (χ2v) is 11.5. The first-order valence-corrected chi connectivity index (χ1v) is 14.2. The first-order valence-electron chi connectivity index (χ1n) is 13.0. The molecule has 1 aromatic heterocycles. The molecule has 0 bridgehead atoms. The second-order valence-electron chi connectivity index (χ2n) is 9.86. The van der Waals surface area contributed by atoms with Crippen molar-refractivity contribution in [2.75, 3.05) is 31.1 Å². The van der Waals surface area contributed by atoms with Gasteiger partial charge >= 0.3 is 5.97 Å². The first-order chi connectivity index (χ1) is 17.6. The lowest BCUT2D eigenvalue weighted by Gasteiger charge is -2.35. The maximum atomic E-state index is 13.4. The predicted molar refractivity (Wildman–Crippen MR) is 151 cm³/mol. The minimum Gasteiger partial charge on any atom is -0.466 e. The molecule has 2 aliphatic heterocycles. The molecule has 0 aromatic carbocycles. The Kier molecular flexibility index (Phi) is 9.96. The Morgan fingerprint density at radius 2 is 1.95 bits per heavy atom. The molecular weight excluding hydrogens is 508 g/mol. The summed E-state index contributed by atoms with van der Waals surface area (Å²) in [7, 11) is 0. The average molecular weight is 545 g/mol. The van der Waals surface area contributed by atoms with Crippen LogP contribution in [0.1, 0.15) is 70.1 Å². The van der Waals surface area contributed by atoms with E-state index in [2.05, 4.69) is 17.9 Å². The van der Waals surface area contributed by atoms with Crippen molar-refractivity contribution in [2.45, 2.75) is 66.8 Å². The zero-order valence-electron chi connectivity index (χ0n) is 22.3. The Morgan fingerprint density at radius 1 is 1.27 bits per heavy atom. The third kappa shape index (κ3) is 6.27. The molecule has 0 unspecified atom stereocenters. The van der Waals surface area contributed by atoms with Crippen LogP contribution < -0.4 is 10.5 Å². The van der Waals surface area contributed by atoms with E-state index in [4.69, 9.17) is 17.0 Å². The molecule has 0 radical (unpaired) electrons. The fourth-order valence-electron chi connectivity index (χ4n) is 4.75. The highest BCUT2D eigenvalue weighted by Gasteiger charge is 2.34. The number of nitriles is 1. The topological polar surface area (TPSA) is 95.6 Å². The molecular formula is C27H36N4O4S2. The number of ether oxygens (including phenoxy) is 1. The van der Waals surface area contributed by atoms with E-state index in [0.717, 1.165) is 12.8 Å². The van der Waals surface area contributed by atoms with E-state index in [9.17, 15) is 19.6 Å². The lowest BCUT2D eigenvalue weighted by Crippen LogP contribution is -2.41. The van der Waals surface area contributed by atoms with Gasteiger partial charge in [-0.1, -0.05) is 51.2 Å². The molecule has 0 N–H and O–H groups in total. The van der Waals surface area contributed by atoms with Gasteiger partial charge in [0.2, 0.25) is 0 Å². The molecule has 0 saturated carbocycles. The number of carbonyl (C=O) groups is 2. The van der Waals surface area contributed by atoms with Crippen molar-refractivity contribution in [2.24, 2.45) is 11.8 Å². The van der Waals surface area contributed by atoms with Crippen LogP contribution in [0.4, 0.5) is 5.82 Å². The number of amides is 1. The smallest absolute Gasteiger partial charge is 0.309 e. The summed E-state index contributed by atoms with van der Waals surface area (Å²) in [4.78, 5) is 43.2. The minimum atomic E-state index is -0.319. The van der Waals surface area contributed by atoms with Crippen LogP contribution in [0.5, 0.6) is 0 Å². The van der Waals surface area contributed by atoms with E-state index in [1.165, 1.54) is 11.8 Å². The quantitative estimate of drug-likeness (QED) is 0.255. The largest absolute Gasteiger partial charge is 0.466 e. The van der Waals surface area contributed by atoms with Crippen molar-refractivity contribution in [3.05, 3.63) is 31.9 Å². The highest BCUT2D eigenvalue weighted by atomic mass is 32.2. The van der Waals surface area contributed by atoms with Gasteiger partial charge in [0.1, 0.15) is 21.8 Å². The van der Waals surface area contributed by atoms with E-state index >= 15 is 0 Å². The molecule has 1 amide bonds. The molecule has 0 aliphatic carbocycles. The van der Waals surface area contributed by atoms with Crippen molar-refractivity contribution in [3.8, 4) is 6.07 Å². The van der Waals surface area contributed by atoms with E-state index in [1.54, 1.807) is 29.4 Å². The molecule has 0 atom stereocenters. The number of esters is 1. The number of thiocarbonyl (C=S) groups is 1. The molecule has 0 spiro atoms. The number of thioether (sulfide) groups is 1. The zero-order chi connectivity index (χ0) is 27.3. The average Bonchev–Trinajstić information content (AvgIpc) is 3.12. The van der Waals surface area contributed by atoms with Gasteiger partial charge in [-0.25, -0.2) is 0 Å². The number of nitrogens with zero attached hydrogens (tertiary/aromatic N) is 4. The van der Waals surface area contributed by atoms with Crippen LogP contribution in [-0.2, 0) is 20.9 Å². The number of anilines is 1. The molecule has 200 valence electrons. The number of pyridine rings is 1. The van der Waals surface area contributed by atoms with Crippen LogP contribution >= 0.6 is 24.0 Å². The van der Waals surface area contributed by atoms with E-state index in [-0.39, 0.29) is 34.8 Å². The number of piperidine rings is 1. The number of carbonyl (C=O) groups excluding carboxylic acids is 2. The van der Waals surface area contributed by atoms with Crippen molar-refractivity contribution < 1.29 is 14.3 Å². The summed E-state index contributed by atoms with van der Waals surface area (Å²) in [5, 5.41) is 9.87. The van der Waals surface area contributed by atoms with Crippen LogP contribution in [0.15, 0.2) is 9.70 Å². The van der Waals surface area contributed by atoms with Crippen LogP contribution in [-0.4, -0.2) is 51.9 Å². The van der Waals surface area contributed by atoms with Gasteiger partial charge in [-0.05, 0) is 50.7 Å². The Labute approximate surface area is 228 Å². The molecule has 8 nitrogen and oxygen atoms in total. The van der Waals surface area contributed by atoms with Crippen LogP contribution in [0.25, 0.3) is 6.08 Å². The summed E-state index contributed by atoms with van der Waals surface area (Å²) < 4.78 is 7.42. The molecule has 2 fully saturated rings. The molecule has 1 aromatic rings. The number of hydrogen-bond donors (Lipinski definition) is 0. The predicted octanol–water partition coefficient (Wildman–Crippen LogP) is 4.47. The number of rotatable bonds is 9. The van der Waals surface area contributed by atoms with Gasteiger partial charge in [0.25, 0.3) is 11.5 Å². The van der Waals surface area contributed by atoms with E-state index in [0.29, 0.717) is 71.8 Å². The van der Waals surface area contributed by atoms with Gasteiger partial charge in [0.15, 0.2) is 0 Å². The van der Waals surface area contributed by atoms with Crippen molar-refractivity contribution in [1.29, 1.82) is 5.26 Å². The van der Waals surface area contributed by atoms with Crippen LogP contribution in [0.3, 0.4) is 0 Å². The molecule has 2 aliphatic rings. The Hall–Kier alpha value is -2.64. The highest BCUT2D eigenvalue weighted by molar-refractivity contribution is 8.26. The SMILES string of the molecule is CCCCn1c(N2CCC(C(=O)OCC)CC2)c(/C=C2\SC(=S)N(CC(C)C)C2=O)c(C)c(C#N)c1=O. The lowest BCUT2D eigenvalue weighted by atomic mass is 9.95. The number of unbranched alkanes of at least 4 members (excludes halogenated alkanes) is 1. The molecule has 3 rings (SSSR count). The molecule has 3 heterocycles. The summed E-state index contributed by atoms with van der Waals surface area (Å²) in [5.74, 6) is 0.449. The third-order valence-electron chi connectivity index (χ3n) is 6.69. The number of aromatic nitrogens is 1. The summed E-state index contributed by atoms with van der Waals surface area (Å²) >= 11 is 6.75. The summed E-state index contributed by atoms with van der Waals surface area (Å²) in [5.41, 5.74) is 1.01. The maximum absolute atomic E-state index is 13.4. The van der Waals surface area contributed by atoms with Gasteiger partial charge in [0, 0.05) is 31.7 Å². The van der Waals surface area contributed by atoms with Crippen molar-refractivity contribution in [1.82, 2.24) is 9.47 Å². The summed E-state index contributed by atoms with van der Waals surface area (Å²) in [6.45, 7) is 12.2. The monoisotopic (exact) mass is 544 g/mol. The third-order valence-corrected chi connectivity index (χ3v) is 8.07. The standard InChI is InChI=1S/C27H36N4O4S2/c1-6-8-11-30-23(29-12-9-19(10-13-29)26(34)35-7-2)20(18(5)21(15-28)24(30)32)14-22-25(33)31(16-17(3)4)27(36)37-22/h14,17,19H,6-13,16H2,1-5H3/b22-14-. The summed E-state index contributed by atoms with van der Waals surface area (Å²) in [6.07, 6.45) is 4.67. The lowest BCUT2D eigenvalue weighted by molar-refractivity contribution is -0.148. The second kappa shape index (κ2) is 12.7. The molecule has 37 heavy (non-hydrogen) atoms. The van der Waals surface area contributed by atoms with Gasteiger partial charge in [-0.3, -0.25) is 23.9 Å². The fourth-order valence-corrected chi connectivity index (χ4v) is 6.01. The Balaban J connectivity index is 2.12. The zero-order valence-corrected chi connectivity index (χ0v) is 24.0. The molecule has 2 saturated heterocycles. The van der Waals surface area contributed by atoms with E-state index < -0.39 is 0 Å². The normalized spacial score (nSPS) is 17.7. The fraction of sp³-hybridized carbons (Fsp3) is 0.593. The first kappa shape index (κ1) is 28.9. The van der Waals surface area contributed by atoms with E-state index in [1.807, 2.05) is 13.8 Å². The Bertz CT molecular complexity index is 1190. The van der Waals surface area contributed by atoms with Crippen LogP contribution in [0, 0.1) is 30.1 Å². The van der Waals surface area contributed by atoms with Gasteiger partial charge in [-0.15, -0.1) is 0 Å². The minimum absolute atomic E-state index is 0.0881. The molecule has 10 heteroatoms. The maximum Gasteiger partial charge on any atom is 0.309 e. The van der Waals surface area contributed by atoms with Gasteiger partial charge < -0.3 is 9.64 Å². The highest BCUT2D eigenvalue weighted by Crippen LogP contribution is 2.37. The van der Waals surface area contributed by atoms with Crippen molar-refractivity contribution >= 4 is 52.1 Å². The van der Waals surface area contributed by atoms with Gasteiger partial charge in [0.05, 0.1) is 17.4 Å². The number of hydrogen-bond acceptors (Lipinski definition) is 8. The van der Waals surface area contributed by atoms with Crippen LogP contribution in [0.2, 0.25) is 0 Å².